The summed E-state index contributed by atoms with van der Waals surface area (Å²) in [5.74, 6) is -0.247. The van der Waals surface area contributed by atoms with Crippen LogP contribution in [0, 0.1) is 5.82 Å². The zero-order valence-corrected chi connectivity index (χ0v) is 13.6. The molecule has 0 aliphatic heterocycles. The summed E-state index contributed by atoms with van der Waals surface area (Å²) in [7, 11) is 1.41. The van der Waals surface area contributed by atoms with Gasteiger partial charge in [-0.1, -0.05) is 15.9 Å². The summed E-state index contributed by atoms with van der Waals surface area (Å²) in [4.78, 5) is 11.5. The van der Waals surface area contributed by atoms with Crippen LogP contribution in [-0.4, -0.2) is 25.3 Å². The van der Waals surface area contributed by atoms with Crippen LogP contribution in [0.5, 0.6) is 5.75 Å². The number of ether oxygens (including phenoxy) is 2. The second-order valence-corrected chi connectivity index (χ2v) is 6.11. The molecule has 4 nitrogen and oxygen atoms in total. The smallest absolute Gasteiger partial charge is 0.407 e. The lowest BCUT2D eigenvalue weighted by molar-refractivity contribution is 0.0528. The first-order valence-electron chi connectivity index (χ1n) is 6.21. The highest BCUT2D eigenvalue weighted by atomic mass is 79.9. The highest BCUT2D eigenvalue weighted by Crippen LogP contribution is 2.26. The standard InChI is InChI=1S/C14H19BrFNO3/c1-14(2,3)20-13(18)17-6-5-9-7-12(19-4)11(16)8-10(9)15/h7-8H,5-6H2,1-4H3,(H,17,18). The molecule has 0 saturated carbocycles. The van der Waals surface area contributed by atoms with Crippen molar-refractivity contribution in [3.63, 3.8) is 0 Å². The number of amides is 1. The molecular formula is C14H19BrFNO3. The molecule has 1 rings (SSSR count). The van der Waals surface area contributed by atoms with Gasteiger partial charge in [-0.15, -0.1) is 0 Å². The number of carbonyl (C=O) groups excluding carboxylic acids is 1. The minimum Gasteiger partial charge on any atom is -0.494 e. The van der Waals surface area contributed by atoms with Crippen LogP contribution >= 0.6 is 15.9 Å². The Kier molecular flexibility index (Phi) is 5.80. The fraction of sp³-hybridized carbons (Fsp3) is 0.500. The Balaban J connectivity index is 2.56. The van der Waals surface area contributed by atoms with Gasteiger partial charge >= 0.3 is 6.09 Å². The van der Waals surface area contributed by atoms with Gasteiger partial charge in [0.05, 0.1) is 7.11 Å². The topological polar surface area (TPSA) is 47.6 Å². The van der Waals surface area contributed by atoms with Crippen LogP contribution in [0.25, 0.3) is 0 Å². The number of nitrogens with one attached hydrogen (secondary N) is 1. The lowest BCUT2D eigenvalue weighted by Crippen LogP contribution is -2.33. The molecule has 0 heterocycles. The summed E-state index contributed by atoms with van der Waals surface area (Å²) < 4.78 is 24.1. The van der Waals surface area contributed by atoms with E-state index in [-0.39, 0.29) is 5.75 Å². The molecule has 0 saturated heterocycles. The van der Waals surface area contributed by atoms with Gasteiger partial charge in [0.1, 0.15) is 5.60 Å². The van der Waals surface area contributed by atoms with Crippen molar-refractivity contribution in [1.82, 2.24) is 5.32 Å². The Morgan fingerprint density at radius 3 is 2.60 bits per heavy atom. The van der Waals surface area contributed by atoms with E-state index in [1.165, 1.54) is 13.2 Å². The zero-order chi connectivity index (χ0) is 15.3. The highest BCUT2D eigenvalue weighted by Gasteiger charge is 2.16. The van der Waals surface area contributed by atoms with Crippen molar-refractivity contribution in [1.29, 1.82) is 0 Å². The molecule has 0 radical (unpaired) electrons. The van der Waals surface area contributed by atoms with Crippen molar-refractivity contribution in [3.8, 4) is 5.75 Å². The van der Waals surface area contributed by atoms with E-state index in [1.807, 2.05) is 0 Å². The zero-order valence-electron chi connectivity index (χ0n) is 12.0. The minimum atomic E-state index is -0.524. The van der Waals surface area contributed by atoms with Crippen molar-refractivity contribution >= 4 is 22.0 Å². The van der Waals surface area contributed by atoms with Crippen LogP contribution < -0.4 is 10.1 Å². The Labute approximate surface area is 126 Å². The fourth-order valence-corrected chi connectivity index (χ4v) is 2.05. The number of rotatable bonds is 4. The largest absolute Gasteiger partial charge is 0.494 e. The molecule has 1 amide bonds. The van der Waals surface area contributed by atoms with Crippen LogP contribution in [0.2, 0.25) is 0 Å². The van der Waals surface area contributed by atoms with Gasteiger partial charge in [0.25, 0.3) is 0 Å². The molecule has 0 spiro atoms. The monoisotopic (exact) mass is 347 g/mol. The average Bonchev–Trinajstić information content (AvgIpc) is 2.29. The van der Waals surface area contributed by atoms with E-state index < -0.39 is 17.5 Å². The molecule has 1 N–H and O–H groups in total. The highest BCUT2D eigenvalue weighted by molar-refractivity contribution is 9.10. The van der Waals surface area contributed by atoms with Crippen LogP contribution in [-0.2, 0) is 11.2 Å². The summed E-state index contributed by atoms with van der Waals surface area (Å²) in [5.41, 5.74) is 0.323. The van der Waals surface area contributed by atoms with E-state index in [9.17, 15) is 9.18 Å². The molecule has 20 heavy (non-hydrogen) atoms. The summed E-state index contributed by atoms with van der Waals surface area (Å²) in [6, 6.07) is 2.96. The van der Waals surface area contributed by atoms with Gasteiger partial charge in [-0.05, 0) is 44.9 Å². The predicted octanol–water partition coefficient (Wildman–Crippen LogP) is 3.66. The third-order valence-electron chi connectivity index (χ3n) is 2.38. The van der Waals surface area contributed by atoms with Crippen LogP contribution in [0.1, 0.15) is 26.3 Å². The maximum absolute atomic E-state index is 13.4. The minimum absolute atomic E-state index is 0.181. The van der Waals surface area contributed by atoms with Gasteiger partial charge in [0, 0.05) is 11.0 Å². The van der Waals surface area contributed by atoms with E-state index in [0.717, 1.165) is 5.56 Å². The first-order chi connectivity index (χ1) is 9.23. The van der Waals surface area contributed by atoms with Crippen molar-refractivity contribution in [3.05, 3.63) is 28.0 Å². The average molecular weight is 348 g/mol. The number of hydrogen-bond acceptors (Lipinski definition) is 3. The van der Waals surface area contributed by atoms with Gasteiger partial charge in [-0.2, -0.15) is 0 Å². The number of methoxy groups -OCH3 is 1. The molecule has 0 aliphatic rings. The number of hydrogen-bond donors (Lipinski definition) is 1. The molecule has 0 atom stereocenters. The maximum atomic E-state index is 13.4. The quantitative estimate of drug-likeness (QED) is 0.903. The number of benzene rings is 1. The van der Waals surface area contributed by atoms with Crippen LogP contribution in [0.4, 0.5) is 9.18 Å². The summed E-state index contributed by atoms with van der Waals surface area (Å²) in [5, 5.41) is 2.65. The second-order valence-electron chi connectivity index (χ2n) is 5.26. The molecule has 112 valence electrons. The van der Waals surface area contributed by atoms with Crippen molar-refractivity contribution in [2.24, 2.45) is 0 Å². The first-order valence-corrected chi connectivity index (χ1v) is 7.01. The number of carbonyl (C=O) groups is 1. The Morgan fingerprint density at radius 1 is 1.40 bits per heavy atom. The predicted molar refractivity (Wildman–Crippen MR) is 78.6 cm³/mol. The molecule has 0 unspecified atom stereocenters. The summed E-state index contributed by atoms with van der Waals surface area (Å²) in [6.45, 7) is 5.79. The van der Waals surface area contributed by atoms with E-state index in [1.54, 1.807) is 26.8 Å². The van der Waals surface area contributed by atoms with E-state index in [0.29, 0.717) is 17.4 Å². The van der Waals surface area contributed by atoms with Gasteiger partial charge in [0.2, 0.25) is 0 Å². The van der Waals surface area contributed by atoms with Crippen molar-refractivity contribution < 1.29 is 18.7 Å². The molecule has 0 aromatic heterocycles. The lowest BCUT2D eigenvalue weighted by atomic mass is 10.1. The van der Waals surface area contributed by atoms with Gasteiger partial charge in [-0.25, -0.2) is 9.18 Å². The van der Waals surface area contributed by atoms with Gasteiger partial charge < -0.3 is 14.8 Å². The second kappa shape index (κ2) is 6.92. The summed E-state index contributed by atoms with van der Waals surface area (Å²) >= 11 is 3.29. The first kappa shape index (κ1) is 16.8. The molecule has 1 aromatic carbocycles. The van der Waals surface area contributed by atoms with Crippen molar-refractivity contribution in [2.45, 2.75) is 32.8 Å². The third-order valence-corrected chi connectivity index (χ3v) is 3.12. The fourth-order valence-electron chi connectivity index (χ4n) is 1.53. The molecule has 0 aliphatic carbocycles. The molecule has 0 fully saturated rings. The molecule has 1 aromatic rings. The van der Waals surface area contributed by atoms with E-state index in [2.05, 4.69) is 21.2 Å². The maximum Gasteiger partial charge on any atom is 0.407 e. The van der Waals surface area contributed by atoms with E-state index in [4.69, 9.17) is 9.47 Å². The van der Waals surface area contributed by atoms with Gasteiger partial charge in [0.15, 0.2) is 11.6 Å². The van der Waals surface area contributed by atoms with Crippen LogP contribution in [0.15, 0.2) is 16.6 Å². The van der Waals surface area contributed by atoms with E-state index >= 15 is 0 Å². The summed E-state index contributed by atoms with van der Waals surface area (Å²) in [6.07, 6.45) is 0.0684. The SMILES string of the molecule is COc1cc(CCNC(=O)OC(C)(C)C)c(Br)cc1F. The number of alkyl carbamates (subject to hydrolysis) is 1. The third kappa shape index (κ3) is 5.36. The Morgan fingerprint density at radius 2 is 2.05 bits per heavy atom. The van der Waals surface area contributed by atoms with Crippen LogP contribution in [0.3, 0.4) is 0 Å². The lowest BCUT2D eigenvalue weighted by Gasteiger charge is -2.19. The Bertz CT molecular complexity index is 486. The number of halogens is 2. The van der Waals surface area contributed by atoms with Crippen molar-refractivity contribution in [2.75, 3.05) is 13.7 Å². The normalized spacial score (nSPS) is 11.1. The van der Waals surface area contributed by atoms with Gasteiger partial charge in [-0.3, -0.25) is 0 Å². The molecule has 0 bridgehead atoms. The molecular weight excluding hydrogens is 329 g/mol. The molecule has 6 heteroatoms. The Hall–Kier alpha value is -1.30.